The molecule has 0 aliphatic carbocycles. The number of hydrogen-bond donors (Lipinski definition) is 1. The third kappa shape index (κ3) is 4.82. The molecule has 1 N–H and O–H groups in total. The van der Waals surface area contributed by atoms with Crippen LogP contribution in [0.2, 0.25) is 0 Å². The van der Waals surface area contributed by atoms with E-state index < -0.39 is 37.5 Å². The first kappa shape index (κ1) is 21.4. The number of para-hydroxylation sites is 1. The Hall–Kier alpha value is -2.30. The fourth-order valence-corrected chi connectivity index (χ4v) is 5.63. The summed E-state index contributed by atoms with van der Waals surface area (Å²) < 4.78 is 63.7. The van der Waals surface area contributed by atoms with Gasteiger partial charge in [-0.1, -0.05) is 12.1 Å². The third-order valence-corrected chi connectivity index (χ3v) is 7.79. The number of piperidine rings is 1. The lowest BCUT2D eigenvalue weighted by Gasteiger charge is -2.31. The number of amides is 1. The number of nitrogens with zero attached hydrogens (tertiary/aromatic N) is 1. The van der Waals surface area contributed by atoms with Crippen molar-refractivity contribution in [3.8, 4) is 0 Å². The van der Waals surface area contributed by atoms with Crippen LogP contribution in [0.4, 0.5) is 10.1 Å². The molecular formula is C19H21FN2O5S2. The molecule has 1 fully saturated rings. The number of sulfonamides is 1. The predicted molar refractivity (Wildman–Crippen MR) is 106 cm³/mol. The molecule has 0 saturated carbocycles. The Morgan fingerprint density at radius 3 is 2.38 bits per heavy atom. The van der Waals surface area contributed by atoms with E-state index in [9.17, 15) is 26.0 Å². The van der Waals surface area contributed by atoms with E-state index in [-0.39, 0.29) is 28.6 Å². The molecule has 156 valence electrons. The lowest BCUT2D eigenvalue weighted by Crippen LogP contribution is -2.43. The molecule has 1 aliphatic rings. The highest BCUT2D eigenvalue weighted by molar-refractivity contribution is 7.91. The number of nitrogens with one attached hydrogen (secondary N) is 1. The van der Waals surface area contributed by atoms with E-state index in [4.69, 9.17) is 0 Å². The fourth-order valence-electron chi connectivity index (χ4n) is 3.26. The zero-order chi connectivity index (χ0) is 21.2. The molecule has 1 unspecified atom stereocenters. The van der Waals surface area contributed by atoms with Crippen LogP contribution >= 0.6 is 0 Å². The van der Waals surface area contributed by atoms with Crippen LogP contribution in [0.3, 0.4) is 0 Å². The van der Waals surface area contributed by atoms with Crippen molar-refractivity contribution in [2.75, 3.05) is 24.7 Å². The van der Waals surface area contributed by atoms with Gasteiger partial charge in [0.2, 0.25) is 15.9 Å². The fraction of sp³-hybridized carbons (Fsp3) is 0.316. The lowest BCUT2D eigenvalue weighted by molar-refractivity contribution is -0.120. The number of carbonyl (C=O) groups is 1. The van der Waals surface area contributed by atoms with Gasteiger partial charge < -0.3 is 5.32 Å². The van der Waals surface area contributed by atoms with Crippen LogP contribution in [0.25, 0.3) is 0 Å². The summed E-state index contributed by atoms with van der Waals surface area (Å²) in [6.45, 7) is 0.218. The molecule has 0 spiro atoms. The van der Waals surface area contributed by atoms with E-state index in [0.717, 1.165) is 18.4 Å². The maximum absolute atomic E-state index is 13.1. The van der Waals surface area contributed by atoms with Crippen molar-refractivity contribution in [1.29, 1.82) is 0 Å². The molecular weight excluding hydrogens is 419 g/mol. The molecule has 7 nitrogen and oxygen atoms in total. The number of halogens is 1. The van der Waals surface area contributed by atoms with Crippen LogP contribution in [0.15, 0.2) is 58.3 Å². The van der Waals surface area contributed by atoms with E-state index in [2.05, 4.69) is 5.32 Å². The highest BCUT2D eigenvalue weighted by atomic mass is 32.2. The standard InChI is InChI=1S/C19H21FN2O5S2/c1-28(24,25)18-7-3-2-6-17(18)21-19(23)14-5-4-12-22(13-14)29(26,27)16-10-8-15(20)9-11-16/h2-3,6-11,14H,4-5,12-13H2,1H3,(H,21,23). The Balaban J connectivity index is 1.78. The van der Waals surface area contributed by atoms with Crippen molar-refractivity contribution in [2.45, 2.75) is 22.6 Å². The van der Waals surface area contributed by atoms with Crippen LogP contribution in [-0.2, 0) is 24.7 Å². The molecule has 0 radical (unpaired) electrons. The zero-order valence-electron chi connectivity index (χ0n) is 15.7. The van der Waals surface area contributed by atoms with E-state index in [1.54, 1.807) is 12.1 Å². The minimum absolute atomic E-state index is 0.0000470. The van der Waals surface area contributed by atoms with Gasteiger partial charge in [-0.05, 0) is 49.2 Å². The second kappa shape index (κ2) is 8.21. The summed E-state index contributed by atoms with van der Waals surface area (Å²) >= 11 is 0. The van der Waals surface area contributed by atoms with E-state index >= 15 is 0 Å². The van der Waals surface area contributed by atoms with Gasteiger partial charge in [0.25, 0.3) is 0 Å². The SMILES string of the molecule is CS(=O)(=O)c1ccccc1NC(=O)C1CCCN(S(=O)(=O)c2ccc(F)cc2)C1. The number of benzene rings is 2. The summed E-state index contributed by atoms with van der Waals surface area (Å²) in [6.07, 6.45) is 2.00. The van der Waals surface area contributed by atoms with Crippen LogP contribution in [0.5, 0.6) is 0 Å². The van der Waals surface area contributed by atoms with Gasteiger partial charge in [-0.3, -0.25) is 4.79 Å². The third-order valence-electron chi connectivity index (χ3n) is 4.75. The van der Waals surface area contributed by atoms with Crippen molar-refractivity contribution < 1.29 is 26.0 Å². The smallest absolute Gasteiger partial charge is 0.243 e. The molecule has 1 heterocycles. The van der Waals surface area contributed by atoms with Gasteiger partial charge in [0, 0.05) is 19.3 Å². The Labute approximate surface area is 169 Å². The topological polar surface area (TPSA) is 101 Å². The Morgan fingerprint density at radius 1 is 1.07 bits per heavy atom. The molecule has 0 aromatic heterocycles. The Morgan fingerprint density at radius 2 is 1.72 bits per heavy atom. The first-order valence-corrected chi connectivity index (χ1v) is 12.3. The lowest BCUT2D eigenvalue weighted by atomic mass is 9.99. The second-order valence-corrected chi connectivity index (χ2v) is 10.8. The highest BCUT2D eigenvalue weighted by Crippen LogP contribution is 2.26. The number of carbonyl (C=O) groups excluding carboxylic acids is 1. The highest BCUT2D eigenvalue weighted by Gasteiger charge is 2.33. The summed E-state index contributed by atoms with van der Waals surface area (Å²) in [5, 5.41) is 2.62. The minimum atomic E-state index is -3.86. The average Bonchev–Trinajstić information content (AvgIpc) is 2.68. The molecule has 3 rings (SSSR count). The first-order valence-electron chi connectivity index (χ1n) is 8.95. The van der Waals surface area contributed by atoms with Crippen LogP contribution in [-0.4, -0.2) is 46.4 Å². The summed E-state index contributed by atoms with van der Waals surface area (Å²) in [4.78, 5) is 12.7. The van der Waals surface area contributed by atoms with Gasteiger partial charge in [0.05, 0.1) is 21.4 Å². The number of sulfone groups is 1. The first-order chi connectivity index (χ1) is 13.6. The van der Waals surface area contributed by atoms with Crippen LogP contribution < -0.4 is 5.32 Å². The summed E-state index contributed by atoms with van der Waals surface area (Å²) in [7, 11) is -7.39. The molecule has 1 atom stereocenters. The monoisotopic (exact) mass is 440 g/mol. The molecule has 0 bridgehead atoms. The average molecular weight is 441 g/mol. The van der Waals surface area contributed by atoms with Crippen molar-refractivity contribution >= 4 is 31.5 Å². The van der Waals surface area contributed by atoms with Gasteiger partial charge in [-0.25, -0.2) is 21.2 Å². The predicted octanol–water partition coefficient (Wildman–Crippen LogP) is 2.27. The quantitative estimate of drug-likeness (QED) is 0.769. The molecule has 10 heteroatoms. The largest absolute Gasteiger partial charge is 0.325 e. The van der Waals surface area contributed by atoms with Gasteiger partial charge in [-0.15, -0.1) is 0 Å². The molecule has 2 aromatic rings. The molecule has 29 heavy (non-hydrogen) atoms. The number of rotatable bonds is 5. The van der Waals surface area contributed by atoms with Crippen molar-refractivity contribution in [1.82, 2.24) is 4.31 Å². The maximum atomic E-state index is 13.1. The normalized spacial score (nSPS) is 18.3. The van der Waals surface area contributed by atoms with E-state index in [1.165, 1.54) is 28.6 Å². The summed E-state index contributed by atoms with van der Waals surface area (Å²) in [6, 6.07) is 10.6. The maximum Gasteiger partial charge on any atom is 0.243 e. The van der Waals surface area contributed by atoms with Gasteiger partial charge in [-0.2, -0.15) is 4.31 Å². The number of anilines is 1. The zero-order valence-corrected chi connectivity index (χ0v) is 17.3. The van der Waals surface area contributed by atoms with Crippen molar-refractivity contribution in [2.24, 2.45) is 5.92 Å². The molecule has 2 aromatic carbocycles. The molecule has 1 saturated heterocycles. The second-order valence-electron chi connectivity index (χ2n) is 6.91. The molecule has 1 amide bonds. The van der Waals surface area contributed by atoms with E-state index in [0.29, 0.717) is 12.8 Å². The van der Waals surface area contributed by atoms with Gasteiger partial charge in [0.15, 0.2) is 9.84 Å². The Bertz CT molecular complexity index is 1120. The van der Waals surface area contributed by atoms with Gasteiger partial charge in [0.1, 0.15) is 5.82 Å². The number of hydrogen-bond acceptors (Lipinski definition) is 5. The molecule has 1 aliphatic heterocycles. The van der Waals surface area contributed by atoms with Crippen molar-refractivity contribution in [3.05, 3.63) is 54.3 Å². The Kier molecular flexibility index (Phi) is 6.06. The van der Waals surface area contributed by atoms with Crippen LogP contribution in [0, 0.1) is 11.7 Å². The minimum Gasteiger partial charge on any atom is -0.325 e. The van der Waals surface area contributed by atoms with E-state index in [1.807, 2.05) is 0 Å². The van der Waals surface area contributed by atoms with Crippen molar-refractivity contribution in [3.63, 3.8) is 0 Å². The van der Waals surface area contributed by atoms with Crippen LogP contribution in [0.1, 0.15) is 12.8 Å². The summed E-state index contributed by atoms with van der Waals surface area (Å²) in [5.41, 5.74) is 0.165. The van der Waals surface area contributed by atoms with Gasteiger partial charge >= 0.3 is 0 Å². The summed E-state index contributed by atoms with van der Waals surface area (Å²) in [5.74, 6) is -1.61.